The van der Waals surface area contributed by atoms with Crippen LogP contribution in [0.15, 0.2) is 30.3 Å². The molecule has 4 nitrogen and oxygen atoms in total. The fraction of sp³-hybridized carbons (Fsp3) is 0.667. The molecule has 1 heterocycles. The molecule has 0 aromatic heterocycles. The maximum atomic E-state index is 12.9. The lowest BCUT2D eigenvalue weighted by Gasteiger charge is -2.35. The average Bonchev–Trinajstić information content (AvgIpc) is 3.14. The van der Waals surface area contributed by atoms with Crippen LogP contribution >= 0.6 is 0 Å². The monoisotopic (exact) mass is 343 g/mol. The molecule has 2 aliphatic rings. The van der Waals surface area contributed by atoms with E-state index in [1.807, 2.05) is 18.0 Å². The summed E-state index contributed by atoms with van der Waals surface area (Å²) in [7, 11) is 1.97. The molecule has 0 spiro atoms. The summed E-state index contributed by atoms with van der Waals surface area (Å²) in [4.78, 5) is 17.3. The molecule has 138 valence electrons. The summed E-state index contributed by atoms with van der Waals surface area (Å²) in [6.07, 6.45) is 7.35. The van der Waals surface area contributed by atoms with Gasteiger partial charge in [-0.15, -0.1) is 0 Å². The highest BCUT2D eigenvalue weighted by molar-refractivity contribution is 5.74. The van der Waals surface area contributed by atoms with Gasteiger partial charge < -0.3 is 15.1 Å². The van der Waals surface area contributed by atoms with Gasteiger partial charge in [-0.3, -0.25) is 0 Å². The van der Waals surface area contributed by atoms with Gasteiger partial charge in [0.1, 0.15) is 0 Å². The van der Waals surface area contributed by atoms with Gasteiger partial charge in [0.15, 0.2) is 0 Å². The second-order valence-corrected chi connectivity index (χ2v) is 7.96. The van der Waals surface area contributed by atoms with Crippen LogP contribution in [0.2, 0.25) is 0 Å². The van der Waals surface area contributed by atoms with Gasteiger partial charge in [-0.25, -0.2) is 4.79 Å². The highest BCUT2D eigenvalue weighted by Gasteiger charge is 2.27. The molecule has 1 aromatic carbocycles. The van der Waals surface area contributed by atoms with Gasteiger partial charge in [0, 0.05) is 19.6 Å². The van der Waals surface area contributed by atoms with Crippen LogP contribution in [0.3, 0.4) is 0 Å². The van der Waals surface area contributed by atoms with Crippen molar-refractivity contribution in [2.45, 2.75) is 57.5 Å². The van der Waals surface area contributed by atoms with Gasteiger partial charge in [-0.1, -0.05) is 50.1 Å². The third kappa shape index (κ3) is 4.97. The molecule has 0 bridgehead atoms. The van der Waals surface area contributed by atoms with Gasteiger partial charge in [0.05, 0.1) is 6.04 Å². The summed E-state index contributed by atoms with van der Waals surface area (Å²) < 4.78 is 0. The lowest BCUT2D eigenvalue weighted by molar-refractivity contribution is 0.154. The Morgan fingerprint density at radius 3 is 2.60 bits per heavy atom. The molecule has 1 saturated heterocycles. The van der Waals surface area contributed by atoms with E-state index in [1.165, 1.54) is 31.2 Å². The molecule has 1 aromatic rings. The summed E-state index contributed by atoms with van der Waals surface area (Å²) >= 11 is 0. The van der Waals surface area contributed by atoms with Crippen molar-refractivity contribution in [3.8, 4) is 0 Å². The number of hydrogen-bond acceptors (Lipinski definition) is 2. The first-order valence-electron chi connectivity index (χ1n) is 9.94. The molecule has 4 heteroatoms. The molecule has 3 unspecified atom stereocenters. The van der Waals surface area contributed by atoms with Crippen LogP contribution in [-0.4, -0.2) is 48.6 Å². The van der Waals surface area contributed by atoms with E-state index in [2.05, 4.69) is 41.4 Å². The Hall–Kier alpha value is -1.55. The zero-order chi connectivity index (χ0) is 17.6. The lowest BCUT2D eigenvalue weighted by Crippen LogP contribution is -2.48. The molecule has 1 N–H and O–H groups in total. The van der Waals surface area contributed by atoms with E-state index in [-0.39, 0.29) is 12.1 Å². The number of carbonyl (C=O) groups is 1. The van der Waals surface area contributed by atoms with Crippen molar-refractivity contribution in [2.24, 2.45) is 5.92 Å². The fourth-order valence-electron chi connectivity index (χ4n) is 4.31. The third-order valence-corrected chi connectivity index (χ3v) is 5.92. The number of hydrogen-bond donors (Lipinski definition) is 1. The van der Waals surface area contributed by atoms with Gasteiger partial charge in [-0.05, 0) is 50.3 Å². The van der Waals surface area contributed by atoms with Crippen molar-refractivity contribution >= 4 is 6.03 Å². The number of urea groups is 1. The van der Waals surface area contributed by atoms with Crippen LogP contribution < -0.4 is 5.32 Å². The normalized spacial score (nSPS) is 25.5. The average molecular weight is 344 g/mol. The van der Waals surface area contributed by atoms with Crippen molar-refractivity contribution < 1.29 is 4.79 Å². The Balaban J connectivity index is 1.64. The van der Waals surface area contributed by atoms with Crippen LogP contribution in [0.5, 0.6) is 0 Å². The van der Waals surface area contributed by atoms with Crippen molar-refractivity contribution in [1.29, 1.82) is 0 Å². The molecular weight excluding hydrogens is 310 g/mol. The van der Waals surface area contributed by atoms with E-state index in [4.69, 9.17) is 0 Å². The van der Waals surface area contributed by atoms with Crippen molar-refractivity contribution in [1.82, 2.24) is 15.1 Å². The van der Waals surface area contributed by atoms with Crippen molar-refractivity contribution in [3.63, 3.8) is 0 Å². The first-order valence-corrected chi connectivity index (χ1v) is 9.94. The minimum atomic E-state index is 0.0651. The van der Waals surface area contributed by atoms with E-state index >= 15 is 0 Å². The number of likely N-dealkylation sites (tertiary alicyclic amines) is 1. The molecular formula is C21H33N3O. The smallest absolute Gasteiger partial charge is 0.317 e. The highest BCUT2D eigenvalue weighted by Crippen LogP contribution is 2.27. The molecule has 1 saturated carbocycles. The lowest BCUT2D eigenvalue weighted by atomic mass is 9.86. The number of amides is 2. The molecule has 2 fully saturated rings. The van der Waals surface area contributed by atoms with Crippen LogP contribution in [-0.2, 0) is 0 Å². The second-order valence-electron chi connectivity index (χ2n) is 7.96. The van der Waals surface area contributed by atoms with Gasteiger partial charge in [-0.2, -0.15) is 0 Å². The highest BCUT2D eigenvalue weighted by atomic mass is 16.2. The van der Waals surface area contributed by atoms with E-state index in [1.54, 1.807) is 0 Å². The predicted octanol–water partition coefficient (Wildman–Crippen LogP) is 4.04. The summed E-state index contributed by atoms with van der Waals surface area (Å²) in [5.41, 5.74) is 1.20. The molecule has 3 atom stereocenters. The molecule has 3 rings (SSSR count). The van der Waals surface area contributed by atoms with E-state index in [0.717, 1.165) is 38.4 Å². The standard InChI is InChI=1S/C21H33N3O/c1-17-9-8-12-19(15-17)23(2)21(25)22-20(16-24-13-6-7-14-24)18-10-4-3-5-11-18/h3-5,10-11,17,19-20H,6-9,12-16H2,1-2H3,(H,22,25). The second kappa shape index (κ2) is 8.70. The van der Waals surface area contributed by atoms with Gasteiger partial charge in [0.25, 0.3) is 0 Å². The fourth-order valence-corrected chi connectivity index (χ4v) is 4.31. The van der Waals surface area contributed by atoms with Gasteiger partial charge >= 0.3 is 6.03 Å². The van der Waals surface area contributed by atoms with E-state index in [9.17, 15) is 4.79 Å². The third-order valence-electron chi connectivity index (χ3n) is 5.92. The van der Waals surface area contributed by atoms with Crippen molar-refractivity contribution in [2.75, 3.05) is 26.7 Å². The van der Waals surface area contributed by atoms with E-state index < -0.39 is 0 Å². The minimum absolute atomic E-state index is 0.0651. The quantitative estimate of drug-likeness (QED) is 0.876. The number of nitrogens with one attached hydrogen (secondary N) is 1. The van der Waals surface area contributed by atoms with Crippen LogP contribution in [0.4, 0.5) is 4.79 Å². The Kier molecular flexibility index (Phi) is 6.35. The number of nitrogens with zero attached hydrogens (tertiary/aromatic N) is 2. The Bertz CT molecular complexity index is 541. The summed E-state index contributed by atoms with van der Waals surface area (Å²) in [5, 5.41) is 3.32. The maximum absolute atomic E-state index is 12.9. The summed E-state index contributed by atoms with van der Waals surface area (Å²) in [6.45, 7) is 5.51. The topological polar surface area (TPSA) is 35.6 Å². The molecule has 1 aliphatic heterocycles. The maximum Gasteiger partial charge on any atom is 0.317 e. The number of rotatable bonds is 5. The molecule has 25 heavy (non-hydrogen) atoms. The van der Waals surface area contributed by atoms with Gasteiger partial charge in [0.2, 0.25) is 0 Å². The number of carbonyl (C=O) groups excluding carboxylic acids is 1. The SMILES string of the molecule is CC1CCCC(N(C)C(=O)NC(CN2CCCC2)c2ccccc2)C1. The molecule has 1 aliphatic carbocycles. The summed E-state index contributed by atoms with van der Waals surface area (Å²) in [6, 6.07) is 10.9. The van der Waals surface area contributed by atoms with Crippen molar-refractivity contribution in [3.05, 3.63) is 35.9 Å². The molecule has 2 amide bonds. The van der Waals surface area contributed by atoms with E-state index in [0.29, 0.717) is 6.04 Å². The van der Waals surface area contributed by atoms with Crippen LogP contribution in [0.25, 0.3) is 0 Å². The van der Waals surface area contributed by atoms with Crippen LogP contribution in [0.1, 0.15) is 57.1 Å². The first-order chi connectivity index (χ1) is 12.1. The minimum Gasteiger partial charge on any atom is -0.330 e. The Labute approximate surface area is 152 Å². The Morgan fingerprint density at radius 2 is 1.92 bits per heavy atom. The first kappa shape index (κ1) is 18.2. The zero-order valence-corrected chi connectivity index (χ0v) is 15.8. The number of benzene rings is 1. The summed E-state index contributed by atoms with van der Waals surface area (Å²) in [5.74, 6) is 0.725. The van der Waals surface area contributed by atoms with Crippen LogP contribution in [0, 0.1) is 5.92 Å². The largest absolute Gasteiger partial charge is 0.330 e. The Morgan fingerprint density at radius 1 is 1.20 bits per heavy atom. The zero-order valence-electron chi connectivity index (χ0n) is 15.8. The molecule has 0 radical (unpaired) electrons. The predicted molar refractivity (Wildman–Crippen MR) is 103 cm³/mol.